The minimum atomic E-state index is -0.695. The first-order chi connectivity index (χ1) is 9.18. The second kappa shape index (κ2) is 4.72. The molecule has 106 valence electrons. The molecule has 0 aromatic heterocycles. The first-order valence-corrected chi connectivity index (χ1v) is 6.42. The number of amides is 1. The van der Waals surface area contributed by atoms with Gasteiger partial charge in [-0.2, -0.15) is 0 Å². The van der Waals surface area contributed by atoms with E-state index in [1.807, 2.05) is 27.7 Å². The summed E-state index contributed by atoms with van der Waals surface area (Å²) in [5.74, 6) is -0.555. The Labute approximate surface area is 118 Å². The number of rotatable bonds is 3. The topological polar surface area (TPSA) is 78.6 Å². The van der Waals surface area contributed by atoms with Crippen LogP contribution >= 0.6 is 0 Å². The van der Waals surface area contributed by atoms with Crippen LogP contribution in [-0.2, 0) is 9.31 Å². The van der Waals surface area contributed by atoms with E-state index in [-0.39, 0.29) is 0 Å². The summed E-state index contributed by atoms with van der Waals surface area (Å²) in [6.45, 7) is 7.69. The number of primary amides is 1. The molecule has 1 aromatic rings. The highest BCUT2D eigenvalue weighted by Crippen LogP contribution is 2.36. The maximum atomic E-state index is 11.3. The summed E-state index contributed by atoms with van der Waals surface area (Å²) < 4.78 is 11.8. The first kappa shape index (κ1) is 14.7. The molecule has 6 heteroatoms. The highest BCUT2D eigenvalue weighted by atomic mass is 16.7. The molecular formula is C14H18BNO4. The highest BCUT2D eigenvalue weighted by Gasteiger charge is 2.52. The number of hydrogen-bond acceptors (Lipinski definition) is 4. The fourth-order valence-electron chi connectivity index (χ4n) is 2.01. The summed E-state index contributed by atoms with van der Waals surface area (Å²) in [7, 11) is -0.695. The molecule has 1 fully saturated rings. The van der Waals surface area contributed by atoms with Crippen molar-refractivity contribution in [3.8, 4) is 0 Å². The number of aldehydes is 1. The van der Waals surface area contributed by atoms with E-state index in [1.165, 1.54) is 6.07 Å². The zero-order valence-electron chi connectivity index (χ0n) is 12.1. The Kier molecular flexibility index (Phi) is 3.48. The minimum absolute atomic E-state index is 0.320. The van der Waals surface area contributed by atoms with E-state index in [0.29, 0.717) is 22.9 Å². The molecule has 0 atom stereocenters. The molecule has 0 bridgehead atoms. The van der Waals surface area contributed by atoms with Crippen LogP contribution in [0.2, 0.25) is 0 Å². The van der Waals surface area contributed by atoms with E-state index in [0.717, 1.165) is 0 Å². The van der Waals surface area contributed by atoms with Gasteiger partial charge in [0.25, 0.3) is 0 Å². The summed E-state index contributed by atoms with van der Waals surface area (Å²) in [5, 5.41) is 0. The van der Waals surface area contributed by atoms with Crippen molar-refractivity contribution in [1.82, 2.24) is 0 Å². The van der Waals surface area contributed by atoms with Crippen molar-refractivity contribution in [3.05, 3.63) is 29.3 Å². The molecule has 1 saturated heterocycles. The molecule has 1 amide bonds. The Bertz CT molecular complexity index is 552. The van der Waals surface area contributed by atoms with Gasteiger partial charge in [0, 0.05) is 11.1 Å². The van der Waals surface area contributed by atoms with Crippen molar-refractivity contribution >= 4 is 24.8 Å². The van der Waals surface area contributed by atoms with Crippen LogP contribution in [0.15, 0.2) is 18.2 Å². The van der Waals surface area contributed by atoms with Gasteiger partial charge in [0.2, 0.25) is 5.91 Å². The zero-order valence-corrected chi connectivity index (χ0v) is 12.1. The highest BCUT2D eigenvalue weighted by molar-refractivity contribution is 6.63. The minimum Gasteiger partial charge on any atom is -0.399 e. The molecule has 5 nitrogen and oxygen atoms in total. The molecule has 0 spiro atoms. The van der Waals surface area contributed by atoms with Crippen molar-refractivity contribution in [1.29, 1.82) is 0 Å². The second-order valence-corrected chi connectivity index (χ2v) is 5.91. The lowest BCUT2D eigenvalue weighted by molar-refractivity contribution is 0.00578. The van der Waals surface area contributed by atoms with Gasteiger partial charge in [-0.25, -0.2) is 0 Å². The summed E-state index contributed by atoms with van der Waals surface area (Å²) in [6.07, 6.45) is 0.713. The van der Waals surface area contributed by atoms with Crippen LogP contribution in [0.1, 0.15) is 48.4 Å². The van der Waals surface area contributed by atoms with Crippen molar-refractivity contribution in [3.63, 3.8) is 0 Å². The largest absolute Gasteiger partial charge is 0.495 e. The van der Waals surface area contributed by atoms with Crippen molar-refractivity contribution in [2.75, 3.05) is 0 Å². The van der Waals surface area contributed by atoms with E-state index >= 15 is 0 Å². The van der Waals surface area contributed by atoms with Gasteiger partial charge in [-0.1, -0.05) is 6.07 Å². The SMILES string of the molecule is CC1(C)OB(c2cc(C(N)=O)ccc2C=O)OC1(C)C. The van der Waals surface area contributed by atoms with Crippen molar-refractivity contribution < 1.29 is 18.9 Å². The summed E-state index contributed by atoms with van der Waals surface area (Å²) in [6, 6.07) is 4.61. The van der Waals surface area contributed by atoms with Crippen LogP contribution in [0.4, 0.5) is 0 Å². The third-order valence-corrected chi connectivity index (χ3v) is 4.01. The molecule has 2 rings (SSSR count). The first-order valence-electron chi connectivity index (χ1n) is 6.42. The number of hydrogen-bond donors (Lipinski definition) is 1. The van der Waals surface area contributed by atoms with Crippen LogP contribution in [-0.4, -0.2) is 30.5 Å². The van der Waals surface area contributed by atoms with Gasteiger partial charge in [-0.15, -0.1) is 0 Å². The van der Waals surface area contributed by atoms with Gasteiger partial charge < -0.3 is 15.0 Å². The average Bonchev–Trinajstić information content (AvgIpc) is 2.57. The summed E-state index contributed by atoms with van der Waals surface area (Å²) in [5.41, 5.74) is 5.51. The molecule has 0 saturated carbocycles. The van der Waals surface area contributed by atoms with E-state index in [9.17, 15) is 9.59 Å². The lowest BCUT2D eigenvalue weighted by Gasteiger charge is -2.32. The van der Waals surface area contributed by atoms with Crippen molar-refractivity contribution in [2.45, 2.75) is 38.9 Å². The lowest BCUT2D eigenvalue weighted by atomic mass is 9.75. The Hall–Kier alpha value is -1.66. The molecule has 1 aliphatic rings. The Morgan fingerprint density at radius 2 is 1.75 bits per heavy atom. The van der Waals surface area contributed by atoms with Gasteiger partial charge in [0.05, 0.1) is 11.2 Å². The summed E-state index contributed by atoms with van der Waals surface area (Å²) >= 11 is 0. The number of benzene rings is 1. The van der Waals surface area contributed by atoms with Gasteiger partial charge in [0.15, 0.2) is 0 Å². The third-order valence-electron chi connectivity index (χ3n) is 4.01. The van der Waals surface area contributed by atoms with Gasteiger partial charge in [-0.3, -0.25) is 9.59 Å². The summed E-state index contributed by atoms with van der Waals surface area (Å²) in [4.78, 5) is 22.4. The van der Waals surface area contributed by atoms with Crippen molar-refractivity contribution in [2.24, 2.45) is 5.73 Å². The van der Waals surface area contributed by atoms with Crippen LogP contribution in [0.5, 0.6) is 0 Å². The fraction of sp³-hybridized carbons (Fsp3) is 0.429. The van der Waals surface area contributed by atoms with Gasteiger partial charge in [-0.05, 0) is 45.3 Å². The number of carbonyl (C=O) groups is 2. The normalized spacial score (nSPS) is 19.9. The molecule has 0 unspecified atom stereocenters. The predicted molar refractivity (Wildman–Crippen MR) is 76.1 cm³/mol. The van der Waals surface area contributed by atoms with E-state index in [4.69, 9.17) is 15.0 Å². The third kappa shape index (κ3) is 2.36. The van der Waals surface area contributed by atoms with Crippen LogP contribution in [0, 0.1) is 0 Å². The van der Waals surface area contributed by atoms with E-state index in [1.54, 1.807) is 12.1 Å². The van der Waals surface area contributed by atoms with Crippen LogP contribution in [0.25, 0.3) is 0 Å². The Balaban J connectivity index is 2.45. The van der Waals surface area contributed by atoms with E-state index < -0.39 is 24.2 Å². The van der Waals surface area contributed by atoms with Crippen LogP contribution in [0.3, 0.4) is 0 Å². The average molecular weight is 275 g/mol. The number of nitrogens with two attached hydrogens (primary N) is 1. The lowest BCUT2D eigenvalue weighted by Crippen LogP contribution is -2.41. The molecule has 1 heterocycles. The molecule has 0 radical (unpaired) electrons. The second-order valence-electron chi connectivity index (χ2n) is 5.91. The Morgan fingerprint density at radius 3 is 2.20 bits per heavy atom. The van der Waals surface area contributed by atoms with Gasteiger partial charge in [0.1, 0.15) is 6.29 Å². The number of carbonyl (C=O) groups excluding carboxylic acids is 2. The molecule has 1 aromatic carbocycles. The monoisotopic (exact) mass is 275 g/mol. The maximum Gasteiger partial charge on any atom is 0.495 e. The molecular weight excluding hydrogens is 257 g/mol. The smallest absolute Gasteiger partial charge is 0.399 e. The zero-order chi connectivity index (χ0) is 15.1. The predicted octanol–water partition coefficient (Wildman–Crippen LogP) is 0.897. The quantitative estimate of drug-likeness (QED) is 0.656. The molecule has 0 aliphatic carbocycles. The maximum absolute atomic E-state index is 11.3. The van der Waals surface area contributed by atoms with Gasteiger partial charge >= 0.3 is 7.12 Å². The molecule has 20 heavy (non-hydrogen) atoms. The van der Waals surface area contributed by atoms with E-state index in [2.05, 4.69) is 0 Å². The Morgan fingerprint density at radius 1 is 1.20 bits per heavy atom. The fourth-order valence-corrected chi connectivity index (χ4v) is 2.01. The van der Waals surface area contributed by atoms with Crippen LogP contribution < -0.4 is 11.2 Å². The standard InChI is InChI=1S/C14H18BNO4/c1-13(2)14(3,4)20-15(19-13)11-7-9(12(16)18)5-6-10(11)8-17/h5-8H,1-4H3,(H2,16,18). The molecule has 1 aliphatic heterocycles. The molecule has 2 N–H and O–H groups in total.